The molecule has 2 N–H and O–H groups in total. The van der Waals surface area contributed by atoms with E-state index in [1.165, 1.54) is 12.1 Å². The number of hydrogen-bond donors (Lipinski definition) is 1. The Kier molecular flexibility index (Phi) is 4.61. The Morgan fingerprint density at radius 2 is 1.36 bits per heavy atom. The zero-order valence-corrected chi connectivity index (χ0v) is 15.0. The fourth-order valence-corrected chi connectivity index (χ4v) is 3.28. The van der Waals surface area contributed by atoms with Crippen LogP contribution in [0.4, 0.5) is 5.69 Å². The number of benzene rings is 3. The van der Waals surface area contributed by atoms with Crippen LogP contribution in [0.1, 0.15) is 0 Å². The van der Waals surface area contributed by atoms with Gasteiger partial charge in [-0.3, -0.25) is 0 Å². The van der Waals surface area contributed by atoms with Gasteiger partial charge in [0.2, 0.25) is 10.0 Å². The van der Waals surface area contributed by atoms with Gasteiger partial charge in [-0.15, -0.1) is 0 Å². The maximum Gasteiger partial charge on any atom is 0.238 e. The summed E-state index contributed by atoms with van der Waals surface area (Å²) in [7, 11) is 0.337. The monoisotopic (exact) mass is 352 g/mol. The van der Waals surface area contributed by atoms with Crippen LogP contribution >= 0.6 is 0 Å². The number of primary sulfonamides is 1. The number of anilines is 1. The molecule has 0 atom stereocenters. The summed E-state index contributed by atoms with van der Waals surface area (Å²) in [4.78, 5) is 2.18. The highest BCUT2D eigenvalue weighted by molar-refractivity contribution is 7.89. The van der Waals surface area contributed by atoms with Crippen LogP contribution in [0.5, 0.6) is 0 Å². The van der Waals surface area contributed by atoms with Crippen LogP contribution < -0.4 is 10.0 Å². The first-order chi connectivity index (χ1) is 11.9. The van der Waals surface area contributed by atoms with E-state index in [1.807, 2.05) is 38.4 Å². The van der Waals surface area contributed by atoms with Gasteiger partial charge < -0.3 is 4.90 Å². The normalized spacial score (nSPS) is 11.3. The third-order valence-corrected chi connectivity index (χ3v) is 5.02. The molecule has 0 unspecified atom stereocenters. The summed E-state index contributed by atoms with van der Waals surface area (Å²) in [5.41, 5.74) is 5.31. The molecule has 4 nitrogen and oxygen atoms in total. The lowest BCUT2D eigenvalue weighted by atomic mass is 9.94. The van der Waals surface area contributed by atoms with Gasteiger partial charge in [0.05, 0.1) is 4.90 Å². The second kappa shape index (κ2) is 6.70. The molecule has 0 saturated heterocycles. The molecule has 0 spiro atoms. The first kappa shape index (κ1) is 17.2. The zero-order chi connectivity index (χ0) is 18.0. The first-order valence-electron chi connectivity index (χ1n) is 7.86. The fourth-order valence-electron chi connectivity index (χ4n) is 2.76. The van der Waals surface area contributed by atoms with Gasteiger partial charge in [0.25, 0.3) is 0 Å². The van der Waals surface area contributed by atoms with Gasteiger partial charge in [-0.1, -0.05) is 48.5 Å². The number of hydrogen-bond acceptors (Lipinski definition) is 3. The van der Waals surface area contributed by atoms with Crippen LogP contribution in [0.25, 0.3) is 22.3 Å². The highest BCUT2D eigenvalue weighted by Crippen LogP contribution is 2.33. The average molecular weight is 352 g/mol. The summed E-state index contributed by atoms with van der Waals surface area (Å²) >= 11 is 0. The van der Waals surface area contributed by atoms with Crippen LogP contribution in [0.3, 0.4) is 0 Å². The highest BCUT2D eigenvalue weighted by atomic mass is 32.2. The van der Waals surface area contributed by atoms with E-state index >= 15 is 0 Å². The lowest BCUT2D eigenvalue weighted by Gasteiger charge is -2.15. The van der Waals surface area contributed by atoms with Gasteiger partial charge in [0.15, 0.2) is 0 Å². The molecule has 0 amide bonds. The quantitative estimate of drug-likeness (QED) is 0.778. The smallest absolute Gasteiger partial charge is 0.238 e. The maximum atomic E-state index is 11.4. The van der Waals surface area contributed by atoms with Crippen LogP contribution in [0.2, 0.25) is 0 Å². The van der Waals surface area contributed by atoms with E-state index in [0.717, 1.165) is 27.9 Å². The predicted octanol–water partition coefficient (Wildman–Crippen LogP) is 3.73. The molecule has 0 aliphatic carbocycles. The molecular formula is C20H20N2O2S. The summed E-state index contributed by atoms with van der Waals surface area (Å²) in [5.74, 6) is 0. The standard InChI is InChI=1S/C20H20N2O2S/c1-22(2)17-7-5-6-16(14-17)20-9-4-3-8-19(20)15-10-12-18(13-11-15)25(21,23)24/h3-14H,1-2H3,(H2,21,23,24). The van der Waals surface area contributed by atoms with E-state index in [-0.39, 0.29) is 4.90 Å². The molecular weight excluding hydrogens is 332 g/mol. The minimum absolute atomic E-state index is 0.114. The molecule has 128 valence electrons. The van der Waals surface area contributed by atoms with Gasteiger partial charge in [0, 0.05) is 19.8 Å². The average Bonchev–Trinajstić information content (AvgIpc) is 2.61. The van der Waals surface area contributed by atoms with Crippen LogP contribution in [-0.4, -0.2) is 22.5 Å². The number of nitrogens with two attached hydrogens (primary N) is 1. The van der Waals surface area contributed by atoms with Crippen LogP contribution in [0.15, 0.2) is 77.7 Å². The topological polar surface area (TPSA) is 63.4 Å². The van der Waals surface area contributed by atoms with Gasteiger partial charge in [-0.05, 0) is 46.5 Å². The lowest BCUT2D eigenvalue weighted by Crippen LogP contribution is -2.11. The van der Waals surface area contributed by atoms with Crippen molar-refractivity contribution >= 4 is 15.7 Å². The maximum absolute atomic E-state index is 11.4. The van der Waals surface area contributed by atoms with E-state index in [1.54, 1.807) is 12.1 Å². The molecule has 3 rings (SSSR count). The summed E-state index contributed by atoms with van der Waals surface area (Å²) in [6, 6.07) is 23.0. The van der Waals surface area contributed by atoms with E-state index in [2.05, 4.69) is 29.2 Å². The third kappa shape index (κ3) is 3.73. The molecule has 0 bridgehead atoms. The van der Waals surface area contributed by atoms with Crippen LogP contribution in [0, 0.1) is 0 Å². The Bertz CT molecular complexity index is 994. The van der Waals surface area contributed by atoms with E-state index in [0.29, 0.717) is 0 Å². The molecule has 0 fully saturated rings. The minimum Gasteiger partial charge on any atom is -0.378 e. The number of sulfonamides is 1. The Morgan fingerprint density at radius 3 is 1.92 bits per heavy atom. The van der Waals surface area contributed by atoms with Crippen molar-refractivity contribution in [2.24, 2.45) is 5.14 Å². The van der Waals surface area contributed by atoms with Gasteiger partial charge in [0.1, 0.15) is 0 Å². The Balaban J connectivity index is 2.09. The van der Waals surface area contributed by atoms with E-state index in [4.69, 9.17) is 5.14 Å². The Labute approximate surface area is 148 Å². The second-order valence-electron chi connectivity index (χ2n) is 6.06. The first-order valence-corrected chi connectivity index (χ1v) is 9.41. The molecule has 0 heterocycles. The SMILES string of the molecule is CN(C)c1cccc(-c2ccccc2-c2ccc(S(N)(=O)=O)cc2)c1. The van der Waals surface area contributed by atoms with Crippen molar-refractivity contribution in [1.29, 1.82) is 0 Å². The predicted molar refractivity (Wildman–Crippen MR) is 103 cm³/mol. The second-order valence-corrected chi connectivity index (χ2v) is 7.62. The fraction of sp³-hybridized carbons (Fsp3) is 0.100. The van der Waals surface area contributed by atoms with E-state index < -0.39 is 10.0 Å². The van der Waals surface area contributed by atoms with E-state index in [9.17, 15) is 8.42 Å². The minimum atomic E-state index is -3.68. The molecule has 0 aromatic heterocycles. The summed E-state index contributed by atoms with van der Waals surface area (Å²) in [6.07, 6.45) is 0. The van der Waals surface area contributed by atoms with Crippen molar-refractivity contribution in [3.05, 3.63) is 72.8 Å². The summed E-state index contributed by atoms with van der Waals surface area (Å²) in [6.45, 7) is 0. The Morgan fingerprint density at radius 1 is 0.760 bits per heavy atom. The van der Waals surface area contributed by atoms with Crippen molar-refractivity contribution in [2.75, 3.05) is 19.0 Å². The highest BCUT2D eigenvalue weighted by Gasteiger charge is 2.11. The van der Waals surface area contributed by atoms with Crippen molar-refractivity contribution in [2.45, 2.75) is 4.90 Å². The zero-order valence-electron chi connectivity index (χ0n) is 14.2. The van der Waals surface area contributed by atoms with Gasteiger partial charge >= 0.3 is 0 Å². The molecule has 0 aliphatic rings. The van der Waals surface area contributed by atoms with Crippen molar-refractivity contribution in [3.63, 3.8) is 0 Å². The van der Waals surface area contributed by atoms with Crippen LogP contribution in [-0.2, 0) is 10.0 Å². The van der Waals surface area contributed by atoms with Crippen molar-refractivity contribution in [1.82, 2.24) is 0 Å². The number of nitrogens with zero attached hydrogens (tertiary/aromatic N) is 1. The molecule has 0 saturated carbocycles. The van der Waals surface area contributed by atoms with Gasteiger partial charge in [-0.2, -0.15) is 0 Å². The molecule has 25 heavy (non-hydrogen) atoms. The Hall–Kier alpha value is -2.63. The molecule has 3 aromatic carbocycles. The van der Waals surface area contributed by atoms with Crippen molar-refractivity contribution in [3.8, 4) is 22.3 Å². The van der Waals surface area contributed by atoms with Crippen molar-refractivity contribution < 1.29 is 8.42 Å². The molecule has 5 heteroatoms. The largest absolute Gasteiger partial charge is 0.378 e. The summed E-state index contributed by atoms with van der Waals surface area (Å²) < 4.78 is 22.9. The molecule has 3 aromatic rings. The lowest BCUT2D eigenvalue weighted by molar-refractivity contribution is 0.598. The molecule has 0 radical (unpaired) electrons. The number of rotatable bonds is 4. The molecule has 0 aliphatic heterocycles. The third-order valence-electron chi connectivity index (χ3n) is 4.09. The van der Waals surface area contributed by atoms with Gasteiger partial charge in [-0.25, -0.2) is 13.6 Å². The summed E-state index contributed by atoms with van der Waals surface area (Å²) in [5, 5.41) is 5.18.